The molecule has 0 bridgehead atoms. The molecule has 1 aliphatic heterocycles. The second kappa shape index (κ2) is 7.09. The molecule has 0 radical (unpaired) electrons. The molecule has 4 heteroatoms. The number of amides is 1. The number of hydrogen-bond acceptors (Lipinski definition) is 3. The van der Waals surface area contributed by atoms with Crippen LogP contribution in [-0.4, -0.2) is 24.2 Å². The summed E-state index contributed by atoms with van der Waals surface area (Å²) in [7, 11) is 0. The first-order chi connectivity index (χ1) is 11.2. The van der Waals surface area contributed by atoms with Gasteiger partial charge in [0.15, 0.2) is 0 Å². The Balaban J connectivity index is 1.67. The predicted octanol–water partition coefficient (Wildman–Crippen LogP) is 4.19. The van der Waals surface area contributed by atoms with Gasteiger partial charge in [-0.25, -0.2) is 0 Å². The van der Waals surface area contributed by atoms with Crippen molar-refractivity contribution >= 4 is 29.0 Å². The molecule has 23 heavy (non-hydrogen) atoms. The third-order valence-corrected chi connectivity index (χ3v) is 5.14. The lowest BCUT2D eigenvalue weighted by atomic mass is 10.1. The fraction of sp³-hybridized carbons (Fsp3) is 0.316. The number of carbonyl (C=O) groups excluding carboxylic acids is 1. The molecule has 0 unspecified atom stereocenters. The van der Waals surface area contributed by atoms with E-state index in [0.29, 0.717) is 11.8 Å². The molecule has 2 aromatic carbocycles. The van der Waals surface area contributed by atoms with Crippen LogP contribution in [0.25, 0.3) is 0 Å². The fourth-order valence-corrected chi connectivity index (χ4v) is 3.99. The second-order valence-electron chi connectivity index (χ2n) is 5.88. The predicted molar refractivity (Wildman–Crippen MR) is 98.4 cm³/mol. The zero-order valence-electron chi connectivity index (χ0n) is 13.6. The van der Waals surface area contributed by atoms with Crippen LogP contribution in [-0.2, 0) is 11.2 Å². The summed E-state index contributed by atoms with van der Waals surface area (Å²) < 4.78 is 0. The van der Waals surface area contributed by atoms with Gasteiger partial charge in [0.25, 0.3) is 0 Å². The van der Waals surface area contributed by atoms with Crippen molar-refractivity contribution in [3.05, 3.63) is 54.1 Å². The summed E-state index contributed by atoms with van der Waals surface area (Å²) >= 11 is 1.88. The minimum Gasteiger partial charge on any atom is -0.360 e. The van der Waals surface area contributed by atoms with Crippen molar-refractivity contribution in [2.45, 2.75) is 30.4 Å². The van der Waals surface area contributed by atoms with Crippen molar-refractivity contribution in [3.8, 4) is 0 Å². The first kappa shape index (κ1) is 15.9. The van der Waals surface area contributed by atoms with Gasteiger partial charge in [0.05, 0.1) is 12.2 Å². The van der Waals surface area contributed by atoms with Gasteiger partial charge in [-0.05, 0) is 36.2 Å². The Morgan fingerprint density at radius 1 is 1.22 bits per heavy atom. The molecule has 1 N–H and O–H groups in total. The van der Waals surface area contributed by atoms with Gasteiger partial charge < -0.3 is 10.2 Å². The van der Waals surface area contributed by atoms with E-state index in [9.17, 15) is 4.79 Å². The van der Waals surface area contributed by atoms with Crippen LogP contribution in [0, 0.1) is 0 Å². The molecule has 0 saturated carbocycles. The summed E-state index contributed by atoms with van der Waals surface area (Å²) in [6.07, 6.45) is 1.01. The highest BCUT2D eigenvalue weighted by molar-refractivity contribution is 8.00. The lowest BCUT2D eigenvalue weighted by molar-refractivity contribution is -0.115. The Labute approximate surface area is 142 Å². The molecule has 1 aliphatic rings. The molecule has 3 nitrogen and oxygen atoms in total. The van der Waals surface area contributed by atoms with E-state index in [2.05, 4.69) is 54.4 Å². The molecule has 120 valence electrons. The number of nitrogens with zero attached hydrogens (tertiary/aromatic N) is 1. The number of benzene rings is 2. The summed E-state index contributed by atoms with van der Waals surface area (Å²) in [6, 6.07) is 16.4. The Morgan fingerprint density at radius 2 is 1.96 bits per heavy atom. The van der Waals surface area contributed by atoms with E-state index in [1.807, 2.05) is 30.0 Å². The van der Waals surface area contributed by atoms with Gasteiger partial charge in [-0.1, -0.05) is 38.1 Å². The van der Waals surface area contributed by atoms with Crippen molar-refractivity contribution in [1.82, 2.24) is 0 Å². The average Bonchev–Trinajstić information content (AvgIpc) is 2.55. The number of thioether (sulfide) groups is 1. The number of fused-ring (bicyclic) bond motifs is 1. The standard InChI is InChI=1S/C19H22N2OS/c1-3-15-8-10-16(11-9-15)20-19(22)13-21-12-14(2)23-18-7-5-4-6-17(18)21/h4-11,14H,3,12-13H2,1-2H3,(H,20,22)/t14-/m0/s1. The van der Waals surface area contributed by atoms with Crippen LogP contribution in [0.15, 0.2) is 53.4 Å². The van der Waals surface area contributed by atoms with Crippen LogP contribution in [0.3, 0.4) is 0 Å². The smallest absolute Gasteiger partial charge is 0.243 e. The van der Waals surface area contributed by atoms with Gasteiger partial charge in [-0.3, -0.25) is 4.79 Å². The number of nitrogens with one attached hydrogen (secondary N) is 1. The maximum Gasteiger partial charge on any atom is 0.243 e. The zero-order chi connectivity index (χ0) is 16.2. The van der Waals surface area contributed by atoms with Crippen molar-refractivity contribution in [2.75, 3.05) is 23.3 Å². The summed E-state index contributed by atoms with van der Waals surface area (Å²) in [5.74, 6) is 0.0307. The second-order valence-corrected chi connectivity index (χ2v) is 7.36. The quantitative estimate of drug-likeness (QED) is 0.914. The first-order valence-corrected chi connectivity index (χ1v) is 8.93. The average molecular weight is 326 g/mol. The highest BCUT2D eigenvalue weighted by Crippen LogP contribution is 2.37. The minimum atomic E-state index is 0.0307. The summed E-state index contributed by atoms with van der Waals surface area (Å²) in [6.45, 7) is 5.61. The van der Waals surface area contributed by atoms with Crippen molar-refractivity contribution in [1.29, 1.82) is 0 Å². The van der Waals surface area contributed by atoms with Gasteiger partial charge in [0.2, 0.25) is 5.91 Å². The van der Waals surface area contributed by atoms with Gasteiger partial charge in [0, 0.05) is 22.4 Å². The van der Waals surface area contributed by atoms with E-state index in [1.54, 1.807) is 0 Å². The number of hydrogen-bond donors (Lipinski definition) is 1. The highest BCUT2D eigenvalue weighted by Gasteiger charge is 2.23. The molecule has 1 amide bonds. The van der Waals surface area contributed by atoms with Crippen LogP contribution in [0.5, 0.6) is 0 Å². The minimum absolute atomic E-state index is 0.0307. The molecule has 0 aliphatic carbocycles. The molecular weight excluding hydrogens is 304 g/mol. The van der Waals surface area contributed by atoms with Crippen molar-refractivity contribution < 1.29 is 4.79 Å². The molecule has 1 heterocycles. The molecular formula is C19H22N2OS. The van der Waals surface area contributed by atoms with E-state index >= 15 is 0 Å². The molecule has 0 aromatic heterocycles. The normalized spacial score (nSPS) is 16.8. The number of rotatable bonds is 4. The summed E-state index contributed by atoms with van der Waals surface area (Å²) in [5, 5.41) is 3.49. The van der Waals surface area contributed by atoms with Crippen LogP contribution in [0.4, 0.5) is 11.4 Å². The number of aryl methyl sites for hydroxylation is 1. The lowest BCUT2D eigenvalue weighted by Crippen LogP contribution is -2.39. The topological polar surface area (TPSA) is 32.3 Å². The van der Waals surface area contributed by atoms with Crippen molar-refractivity contribution in [2.24, 2.45) is 0 Å². The zero-order valence-corrected chi connectivity index (χ0v) is 14.4. The van der Waals surface area contributed by atoms with Crippen LogP contribution >= 0.6 is 11.8 Å². The lowest BCUT2D eigenvalue weighted by Gasteiger charge is -2.33. The van der Waals surface area contributed by atoms with Crippen LogP contribution in [0.2, 0.25) is 0 Å². The van der Waals surface area contributed by atoms with E-state index in [0.717, 1.165) is 24.3 Å². The summed E-state index contributed by atoms with van der Waals surface area (Å²) in [4.78, 5) is 15.8. The number of carbonyl (C=O) groups is 1. The van der Waals surface area contributed by atoms with Crippen LogP contribution < -0.4 is 10.2 Å². The third-order valence-electron chi connectivity index (χ3n) is 3.99. The Kier molecular flexibility index (Phi) is 4.91. The fourth-order valence-electron chi connectivity index (χ4n) is 2.83. The maximum atomic E-state index is 12.4. The van der Waals surface area contributed by atoms with Gasteiger partial charge >= 0.3 is 0 Å². The van der Waals surface area contributed by atoms with Gasteiger partial charge in [0.1, 0.15) is 0 Å². The largest absolute Gasteiger partial charge is 0.360 e. The van der Waals surface area contributed by atoms with Gasteiger partial charge in [-0.15, -0.1) is 11.8 Å². The molecule has 0 spiro atoms. The first-order valence-electron chi connectivity index (χ1n) is 8.05. The van der Waals surface area contributed by atoms with Crippen molar-refractivity contribution in [3.63, 3.8) is 0 Å². The molecule has 0 fully saturated rings. The molecule has 3 rings (SSSR count). The SMILES string of the molecule is CCc1ccc(NC(=O)CN2C[C@H](C)Sc3ccccc32)cc1. The Morgan fingerprint density at radius 3 is 2.70 bits per heavy atom. The van der Waals surface area contributed by atoms with E-state index < -0.39 is 0 Å². The third kappa shape index (κ3) is 3.88. The van der Waals surface area contributed by atoms with Crippen LogP contribution in [0.1, 0.15) is 19.4 Å². The van der Waals surface area contributed by atoms with E-state index in [4.69, 9.17) is 0 Å². The molecule has 2 aromatic rings. The number of para-hydroxylation sites is 1. The maximum absolute atomic E-state index is 12.4. The Hall–Kier alpha value is -1.94. The van der Waals surface area contributed by atoms with Gasteiger partial charge in [-0.2, -0.15) is 0 Å². The monoisotopic (exact) mass is 326 g/mol. The van der Waals surface area contributed by atoms with E-state index in [1.165, 1.54) is 10.5 Å². The molecule has 0 saturated heterocycles. The highest BCUT2D eigenvalue weighted by atomic mass is 32.2. The Bertz CT molecular complexity index is 684. The molecule has 1 atom stereocenters. The van der Waals surface area contributed by atoms with E-state index in [-0.39, 0.29) is 5.91 Å². The number of anilines is 2. The summed E-state index contributed by atoms with van der Waals surface area (Å²) in [5.41, 5.74) is 3.30.